The molecule has 23 heavy (non-hydrogen) atoms. The third kappa shape index (κ3) is 2.38. The Morgan fingerprint density at radius 3 is 2.70 bits per heavy atom. The standard InChI is InChI=1S/C16H18ClFN2O2S/c17-13-9(3-7-23-13)14(21)19-12-2-6-20(16(12)4-1-5-16)15(22)10-8-11(10)18/h3,7,10-12H,1-2,4-6,8H2,(H,19,21). The van der Waals surface area contributed by atoms with Crippen molar-refractivity contribution >= 4 is 34.8 Å². The summed E-state index contributed by atoms with van der Waals surface area (Å²) in [5, 5.41) is 4.85. The molecule has 1 aromatic heterocycles. The van der Waals surface area contributed by atoms with Crippen molar-refractivity contribution in [3.8, 4) is 0 Å². The Kier molecular flexibility index (Phi) is 3.65. The average Bonchev–Trinajstić information content (AvgIpc) is 2.90. The van der Waals surface area contributed by atoms with Gasteiger partial charge in [0, 0.05) is 6.54 Å². The molecule has 1 spiro atoms. The summed E-state index contributed by atoms with van der Waals surface area (Å²) in [6.45, 7) is 0.602. The lowest BCUT2D eigenvalue weighted by atomic mass is 9.71. The molecule has 2 saturated carbocycles. The second kappa shape index (κ2) is 5.45. The molecular weight excluding hydrogens is 339 g/mol. The van der Waals surface area contributed by atoms with Crippen LogP contribution in [0.2, 0.25) is 4.34 Å². The van der Waals surface area contributed by atoms with Crippen molar-refractivity contribution in [2.45, 2.75) is 49.9 Å². The molecule has 0 aromatic carbocycles. The maximum atomic E-state index is 13.3. The maximum Gasteiger partial charge on any atom is 0.253 e. The summed E-state index contributed by atoms with van der Waals surface area (Å²) in [5.41, 5.74) is 0.180. The zero-order valence-corrected chi connectivity index (χ0v) is 14.1. The molecule has 0 radical (unpaired) electrons. The minimum absolute atomic E-state index is 0.0671. The molecule has 4 rings (SSSR count). The number of hydrogen-bond donors (Lipinski definition) is 1. The fraction of sp³-hybridized carbons (Fsp3) is 0.625. The normalized spacial score (nSPS) is 31.0. The summed E-state index contributed by atoms with van der Waals surface area (Å²) in [7, 11) is 0. The first kappa shape index (κ1) is 15.4. The van der Waals surface area contributed by atoms with Crippen LogP contribution in [0.15, 0.2) is 11.4 Å². The van der Waals surface area contributed by atoms with Crippen molar-refractivity contribution in [3.63, 3.8) is 0 Å². The van der Waals surface area contributed by atoms with Crippen LogP contribution in [0.1, 0.15) is 42.5 Å². The molecule has 1 saturated heterocycles. The molecule has 2 heterocycles. The lowest BCUT2D eigenvalue weighted by Crippen LogP contribution is -2.62. The van der Waals surface area contributed by atoms with Crippen molar-refractivity contribution in [1.29, 1.82) is 0 Å². The number of carbonyl (C=O) groups is 2. The van der Waals surface area contributed by atoms with E-state index in [0.717, 1.165) is 25.7 Å². The average molecular weight is 357 g/mol. The van der Waals surface area contributed by atoms with Gasteiger partial charge in [-0.3, -0.25) is 9.59 Å². The van der Waals surface area contributed by atoms with Crippen LogP contribution in [-0.4, -0.2) is 41.0 Å². The molecule has 1 aliphatic heterocycles. The minimum atomic E-state index is -0.974. The van der Waals surface area contributed by atoms with E-state index in [-0.39, 0.29) is 23.4 Å². The zero-order valence-electron chi connectivity index (χ0n) is 12.6. The van der Waals surface area contributed by atoms with Gasteiger partial charge in [-0.15, -0.1) is 11.3 Å². The van der Waals surface area contributed by atoms with Gasteiger partial charge in [0.25, 0.3) is 5.91 Å². The first-order valence-corrected chi connectivity index (χ1v) is 9.28. The van der Waals surface area contributed by atoms with Crippen molar-refractivity contribution in [3.05, 3.63) is 21.3 Å². The molecule has 124 valence electrons. The smallest absolute Gasteiger partial charge is 0.253 e. The molecule has 4 nitrogen and oxygen atoms in total. The third-order valence-corrected chi connectivity index (χ3v) is 6.68. The number of rotatable bonds is 3. The number of nitrogens with one attached hydrogen (secondary N) is 1. The van der Waals surface area contributed by atoms with Gasteiger partial charge in [0.2, 0.25) is 5.91 Å². The number of hydrogen-bond acceptors (Lipinski definition) is 3. The highest BCUT2D eigenvalue weighted by molar-refractivity contribution is 7.14. The van der Waals surface area contributed by atoms with Crippen molar-refractivity contribution in [1.82, 2.24) is 10.2 Å². The van der Waals surface area contributed by atoms with Gasteiger partial charge in [0.05, 0.1) is 23.1 Å². The molecule has 1 N–H and O–H groups in total. The molecule has 2 aliphatic carbocycles. The second-order valence-corrected chi connectivity index (χ2v) is 8.25. The molecule has 3 fully saturated rings. The van der Waals surface area contributed by atoms with Gasteiger partial charge in [0.1, 0.15) is 10.5 Å². The van der Waals surface area contributed by atoms with E-state index in [1.165, 1.54) is 11.3 Å². The van der Waals surface area contributed by atoms with Crippen molar-refractivity contribution in [2.75, 3.05) is 6.54 Å². The Morgan fingerprint density at radius 2 is 2.17 bits per heavy atom. The Hall–Kier alpha value is -1.14. The van der Waals surface area contributed by atoms with Gasteiger partial charge in [0.15, 0.2) is 0 Å². The number of amides is 2. The molecule has 3 unspecified atom stereocenters. The van der Waals surface area contributed by atoms with E-state index < -0.39 is 12.1 Å². The Morgan fingerprint density at radius 1 is 1.43 bits per heavy atom. The Balaban J connectivity index is 1.50. The summed E-state index contributed by atoms with van der Waals surface area (Å²) in [6, 6.07) is 1.64. The number of carbonyl (C=O) groups excluding carboxylic acids is 2. The maximum absolute atomic E-state index is 13.3. The number of nitrogens with zero attached hydrogens (tertiary/aromatic N) is 1. The van der Waals surface area contributed by atoms with Gasteiger partial charge in [-0.05, 0) is 43.6 Å². The van der Waals surface area contributed by atoms with Crippen LogP contribution < -0.4 is 5.32 Å². The van der Waals surface area contributed by atoms with E-state index in [1.807, 2.05) is 4.90 Å². The first-order valence-electron chi connectivity index (χ1n) is 8.02. The summed E-state index contributed by atoms with van der Waals surface area (Å²) in [4.78, 5) is 26.8. The van der Waals surface area contributed by atoms with E-state index in [0.29, 0.717) is 22.9 Å². The summed E-state index contributed by atoms with van der Waals surface area (Å²) >= 11 is 7.36. The Bertz CT molecular complexity index is 660. The second-order valence-electron chi connectivity index (χ2n) is 6.73. The third-order valence-electron chi connectivity index (χ3n) is 5.51. The number of thiophene rings is 1. The van der Waals surface area contributed by atoms with Crippen LogP contribution in [-0.2, 0) is 4.79 Å². The Labute approximate surface area is 143 Å². The first-order chi connectivity index (χ1) is 11.0. The number of halogens is 2. The van der Waals surface area contributed by atoms with Crippen molar-refractivity contribution in [2.24, 2.45) is 5.92 Å². The SMILES string of the molecule is O=C(NC1CCN(C(=O)C2CC2F)C12CCC2)c1ccsc1Cl. The monoisotopic (exact) mass is 356 g/mol. The minimum Gasteiger partial charge on any atom is -0.347 e. The summed E-state index contributed by atoms with van der Waals surface area (Å²) in [6.07, 6.45) is 2.91. The number of alkyl halides is 1. The van der Waals surface area contributed by atoms with E-state index >= 15 is 0 Å². The molecule has 2 amide bonds. The van der Waals surface area contributed by atoms with E-state index in [2.05, 4.69) is 5.32 Å². The van der Waals surface area contributed by atoms with Crippen LogP contribution in [0.3, 0.4) is 0 Å². The topological polar surface area (TPSA) is 49.4 Å². The van der Waals surface area contributed by atoms with E-state index in [9.17, 15) is 14.0 Å². The molecule has 1 aromatic rings. The van der Waals surface area contributed by atoms with Gasteiger partial charge < -0.3 is 10.2 Å². The van der Waals surface area contributed by atoms with Gasteiger partial charge in [-0.25, -0.2) is 4.39 Å². The fourth-order valence-corrected chi connectivity index (χ4v) is 4.86. The van der Waals surface area contributed by atoms with Gasteiger partial charge >= 0.3 is 0 Å². The van der Waals surface area contributed by atoms with Crippen LogP contribution in [0.4, 0.5) is 4.39 Å². The van der Waals surface area contributed by atoms with Crippen molar-refractivity contribution < 1.29 is 14.0 Å². The molecule has 3 aliphatic rings. The van der Waals surface area contributed by atoms with Crippen LogP contribution >= 0.6 is 22.9 Å². The van der Waals surface area contributed by atoms with Gasteiger partial charge in [-0.2, -0.15) is 0 Å². The summed E-state index contributed by atoms with van der Waals surface area (Å²) in [5.74, 6) is -0.702. The zero-order chi connectivity index (χ0) is 16.2. The highest BCUT2D eigenvalue weighted by Gasteiger charge is 2.58. The predicted molar refractivity (Wildman–Crippen MR) is 86.5 cm³/mol. The predicted octanol–water partition coefficient (Wildman–Crippen LogP) is 3.01. The molecule has 7 heteroatoms. The van der Waals surface area contributed by atoms with Crippen LogP contribution in [0.25, 0.3) is 0 Å². The highest BCUT2D eigenvalue weighted by atomic mass is 35.5. The molecule has 0 bridgehead atoms. The van der Waals surface area contributed by atoms with Gasteiger partial charge in [-0.1, -0.05) is 11.6 Å². The van der Waals surface area contributed by atoms with Crippen LogP contribution in [0.5, 0.6) is 0 Å². The molecule has 3 atom stereocenters. The van der Waals surface area contributed by atoms with Crippen LogP contribution in [0, 0.1) is 5.92 Å². The largest absolute Gasteiger partial charge is 0.347 e. The summed E-state index contributed by atoms with van der Waals surface area (Å²) < 4.78 is 13.7. The number of likely N-dealkylation sites (tertiary alicyclic amines) is 1. The highest BCUT2D eigenvalue weighted by Crippen LogP contribution is 2.48. The quantitative estimate of drug-likeness (QED) is 0.905. The fourth-order valence-electron chi connectivity index (χ4n) is 3.94. The van der Waals surface area contributed by atoms with E-state index in [1.54, 1.807) is 11.4 Å². The lowest BCUT2D eigenvalue weighted by molar-refractivity contribution is -0.141. The lowest BCUT2D eigenvalue weighted by Gasteiger charge is -2.49. The molecular formula is C16H18ClFN2O2S. The van der Waals surface area contributed by atoms with E-state index in [4.69, 9.17) is 11.6 Å².